The van der Waals surface area contributed by atoms with Crippen molar-refractivity contribution in [3.05, 3.63) is 108 Å². The van der Waals surface area contributed by atoms with Crippen molar-refractivity contribution in [2.75, 3.05) is 0 Å². The predicted octanol–water partition coefficient (Wildman–Crippen LogP) is 4.00. The van der Waals surface area contributed by atoms with Crippen LogP contribution in [0.2, 0.25) is 0 Å². The minimum atomic E-state index is -0.781. The van der Waals surface area contributed by atoms with E-state index in [-0.39, 0.29) is 17.9 Å². The lowest BCUT2D eigenvalue weighted by Gasteiger charge is -2.26. The van der Waals surface area contributed by atoms with Gasteiger partial charge < -0.3 is 14.4 Å². The van der Waals surface area contributed by atoms with Crippen molar-refractivity contribution >= 4 is 22.7 Å². The molecule has 0 unspecified atom stereocenters. The maximum absolute atomic E-state index is 13.4. The number of aliphatic hydroxyl groups excluding tert-OH is 1. The summed E-state index contributed by atoms with van der Waals surface area (Å²) in [7, 11) is 0. The molecule has 0 bridgehead atoms. The third kappa shape index (κ3) is 3.26. The SMILES string of the molecule is O=C(C1=C(O)C(=O)N(Cc2cccnc2)[C@H]1c1ccncc1)c1cc2ccccc2o1. The zero-order chi connectivity index (χ0) is 21.4. The highest BCUT2D eigenvalue weighted by Gasteiger charge is 2.44. The van der Waals surface area contributed by atoms with Gasteiger partial charge in [-0.15, -0.1) is 0 Å². The molecule has 0 fully saturated rings. The van der Waals surface area contributed by atoms with Crippen molar-refractivity contribution in [2.45, 2.75) is 12.6 Å². The van der Waals surface area contributed by atoms with Crippen molar-refractivity contribution in [1.82, 2.24) is 14.9 Å². The van der Waals surface area contributed by atoms with E-state index in [0.29, 0.717) is 11.1 Å². The van der Waals surface area contributed by atoms with Crippen molar-refractivity contribution in [3.8, 4) is 0 Å². The molecule has 1 aliphatic rings. The number of aromatic nitrogens is 2. The zero-order valence-corrected chi connectivity index (χ0v) is 16.3. The Balaban J connectivity index is 1.59. The molecule has 5 rings (SSSR count). The van der Waals surface area contributed by atoms with E-state index < -0.39 is 23.5 Å². The van der Waals surface area contributed by atoms with Gasteiger partial charge in [-0.1, -0.05) is 24.3 Å². The summed E-state index contributed by atoms with van der Waals surface area (Å²) in [5.74, 6) is -1.66. The Bertz CT molecular complexity index is 1280. The second-order valence-electron chi connectivity index (χ2n) is 7.22. The minimum Gasteiger partial charge on any atom is -0.503 e. The van der Waals surface area contributed by atoms with Gasteiger partial charge in [0.15, 0.2) is 11.5 Å². The van der Waals surface area contributed by atoms with E-state index in [0.717, 1.165) is 10.9 Å². The van der Waals surface area contributed by atoms with Crippen LogP contribution in [0.15, 0.2) is 95.1 Å². The monoisotopic (exact) mass is 411 g/mol. The summed E-state index contributed by atoms with van der Waals surface area (Å²) < 4.78 is 5.72. The van der Waals surface area contributed by atoms with Gasteiger partial charge in [-0.05, 0) is 41.5 Å². The molecule has 3 aromatic heterocycles. The molecule has 0 aliphatic carbocycles. The average Bonchev–Trinajstić information content (AvgIpc) is 3.35. The van der Waals surface area contributed by atoms with Crippen LogP contribution in [0.1, 0.15) is 27.7 Å². The number of furan rings is 1. The Morgan fingerprint density at radius 1 is 1.03 bits per heavy atom. The van der Waals surface area contributed by atoms with Gasteiger partial charge in [0.2, 0.25) is 5.78 Å². The second-order valence-corrected chi connectivity index (χ2v) is 7.22. The lowest BCUT2D eigenvalue weighted by atomic mass is 9.95. The van der Waals surface area contributed by atoms with Crippen LogP contribution in [0.3, 0.4) is 0 Å². The Labute approximate surface area is 177 Å². The fraction of sp³-hybridized carbons (Fsp3) is 0.0833. The highest BCUT2D eigenvalue weighted by molar-refractivity contribution is 6.15. The van der Waals surface area contributed by atoms with Gasteiger partial charge in [0, 0.05) is 36.7 Å². The number of nitrogens with zero attached hydrogens (tertiary/aromatic N) is 3. The highest BCUT2D eigenvalue weighted by atomic mass is 16.3. The Morgan fingerprint density at radius 2 is 1.84 bits per heavy atom. The first-order valence-corrected chi connectivity index (χ1v) is 9.69. The third-order valence-electron chi connectivity index (χ3n) is 5.30. The van der Waals surface area contributed by atoms with E-state index in [1.807, 2.05) is 24.3 Å². The number of rotatable bonds is 5. The van der Waals surface area contributed by atoms with Crippen molar-refractivity contribution < 1.29 is 19.1 Å². The largest absolute Gasteiger partial charge is 0.503 e. The van der Waals surface area contributed by atoms with Gasteiger partial charge in [0.05, 0.1) is 11.6 Å². The molecule has 152 valence electrons. The number of aliphatic hydroxyl groups is 1. The van der Waals surface area contributed by atoms with E-state index >= 15 is 0 Å². The highest BCUT2D eigenvalue weighted by Crippen LogP contribution is 2.40. The smallest absolute Gasteiger partial charge is 0.290 e. The van der Waals surface area contributed by atoms with Crippen LogP contribution in [-0.2, 0) is 11.3 Å². The molecule has 7 nitrogen and oxygen atoms in total. The van der Waals surface area contributed by atoms with Crippen LogP contribution in [0, 0.1) is 0 Å². The number of carbonyl (C=O) groups excluding carboxylic acids is 2. The average molecular weight is 411 g/mol. The molecule has 7 heteroatoms. The summed E-state index contributed by atoms with van der Waals surface area (Å²) in [5.41, 5.74) is 1.98. The van der Waals surface area contributed by atoms with Crippen molar-refractivity contribution in [2.24, 2.45) is 0 Å². The summed E-state index contributed by atoms with van der Waals surface area (Å²) in [6, 6.07) is 15.1. The minimum absolute atomic E-state index is 0.0147. The van der Waals surface area contributed by atoms with Crippen LogP contribution in [0.5, 0.6) is 0 Å². The molecule has 0 saturated heterocycles. The number of hydrogen-bond acceptors (Lipinski definition) is 6. The van der Waals surface area contributed by atoms with Gasteiger partial charge in [-0.3, -0.25) is 19.6 Å². The summed E-state index contributed by atoms with van der Waals surface area (Å²) in [6.45, 7) is 0.181. The number of carbonyl (C=O) groups is 2. The summed E-state index contributed by atoms with van der Waals surface area (Å²) in [5, 5.41) is 11.5. The molecule has 0 radical (unpaired) electrons. The van der Waals surface area contributed by atoms with Crippen LogP contribution in [-0.4, -0.2) is 31.7 Å². The van der Waals surface area contributed by atoms with Crippen LogP contribution < -0.4 is 0 Å². The zero-order valence-electron chi connectivity index (χ0n) is 16.3. The normalized spacial score (nSPS) is 16.3. The van der Waals surface area contributed by atoms with E-state index in [9.17, 15) is 14.7 Å². The van der Waals surface area contributed by atoms with Gasteiger partial charge in [-0.2, -0.15) is 0 Å². The van der Waals surface area contributed by atoms with Crippen molar-refractivity contribution in [1.29, 1.82) is 0 Å². The molecule has 4 aromatic rings. The number of hydrogen-bond donors (Lipinski definition) is 1. The first kappa shape index (κ1) is 18.7. The topological polar surface area (TPSA) is 96.5 Å². The fourth-order valence-electron chi connectivity index (χ4n) is 3.86. The lowest BCUT2D eigenvalue weighted by Crippen LogP contribution is -2.30. The van der Waals surface area contributed by atoms with Crippen LogP contribution in [0.25, 0.3) is 11.0 Å². The molecule has 0 saturated carbocycles. The van der Waals surface area contributed by atoms with Gasteiger partial charge >= 0.3 is 0 Å². The number of amides is 1. The maximum atomic E-state index is 13.4. The number of benzene rings is 1. The Morgan fingerprint density at radius 3 is 2.58 bits per heavy atom. The first-order chi connectivity index (χ1) is 15.1. The van der Waals surface area contributed by atoms with E-state index in [2.05, 4.69) is 9.97 Å². The molecule has 1 aliphatic heterocycles. The molecule has 4 heterocycles. The number of fused-ring (bicyclic) bond motifs is 1. The maximum Gasteiger partial charge on any atom is 0.290 e. The van der Waals surface area contributed by atoms with E-state index in [1.165, 1.54) is 4.90 Å². The van der Waals surface area contributed by atoms with E-state index in [4.69, 9.17) is 4.42 Å². The fourth-order valence-corrected chi connectivity index (χ4v) is 3.86. The van der Waals surface area contributed by atoms with Gasteiger partial charge in [-0.25, -0.2) is 0 Å². The first-order valence-electron chi connectivity index (χ1n) is 9.69. The number of Topliss-reactive ketones (excluding diaryl/α,β-unsaturated/α-hetero) is 1. The summed E-state index contributed by atoms with van der Waals surface area (Å²) >= 11 is 0. The molecule has 31 heavy (non-hydrogen) atoms. The van der Waals surface area contributed by atoms with Crippen molar-refractivity contribution in [3.63, 3.8) is 0 Å². The number of pyridine rings is 2. The summed E-state index contributed by atoms with van der Waals surface area (Å²) in [4.78, 5) is 36.0. The molecule has 1 amide bonds. The van der Waals surface area contributed by atoms with Crippen LogP contribution in [0.4, 0.5) is 0 Å². The lowest BCUT2D eigenvalue weighted by molar-refractivity contribution is -0.130. The second kappa shape index (κ2) is 7.53. The van der Waals surface area contributed by atoms with E-state index in [1.54, 1.807) is 55.1 Å². The summed E-state index contributed by atoms with van der Waals surface area (Å²) in [6.07, 6.45) is 6.45. The predicted molar refractivity (Wildman–Crippen MR) is 112 cm³/mol. The number of ketones is 1. The van der Waals surface area contributed by atoms with Gasteiger partial charge in [0.25, 0.3) is 5.91 Å². The van der Waals surface area contributed by atoms with Crippen LogP contribution >= 0.6 is 0 Å². The standard InChI is InChI=1S/C24H17N3O4/c28-22(19-12-17-5-1-2-6-18(17)31-19)20-21(16-7-10-25-11-8-16)27(24(30)23(20)29)14-15-4-3-9-26-13-15/h1-13,21,29H,14H2/t21-/m0/s1. The molecule has 1 atom stereocenters. The molecule has 1 aromatic carbocycles. The molecule has 1 N–H and O–H groups in total. The number of para-hydroxylation sites is 1. The van der Waals surface area contributed by atoms with Gasteiger partial charge in [0.1, 0.15) is 5.58 Å². The molecular formula is C24H17N3O4. The third-order valence-corrected chi connectivity index (χ3v) is 5.30. The Hall–Kier alpha value is -4.26. The quantitative estimate of drug-likeness (QED) is 0.499. The Kier molecular flexibility index (Phi) is 4.55. The molecular weight excluding hydrogens is 394 g/mol. The molecule has 0 spiro atoms.